The molecule has 182 valence electrons. The molecule has 0 spiro atoms. The molecule has 9 heteroatoms. The Morgan fingerprint density at radius 2 is 1.91 bits per heavy atom. The smallest absolute Gasteiger partial charge is 0.304 e. The number of aromatic nitrogens is 3. The summed E-state index contributed by atoms with van der Waals surface area (Å²) in [6, 6.07) is 9.77. The molecular weight excluding hydrogens is 452 g/mol. The number of fused-ring (bicyclic) bond motifs is 1. The molecule has 0 amide bonds. The van der Waals surface area contributed by atoms with E-state index in [2.05, 4.69) is 10.3 Å². The van der Waals surface area contributed by atoms with E-state index in [1.54, 1.807) is 8.99 Å². The van der Waals surface area contributed by atoms with Gasteiger partial charge in [-0.25, -0.2) is 13.1 Å². The molecule has 0 aliphatic heterocycles. The summed E-state index contributed by atoms with van der Waals surface area (Å²) in [5, 5.41) is 18.1. The molecule has 0 bridgehead atoms. The number of benzene rings is 2. The van der Waals surface area contributed by atoms with Crippen molar-refractivity contribution < 1.29 is 18.3 Å². The molecule has 1 atom stereocenters. The zero-order valence-corrected chi connectivity index (χ0v) is 21.0. The highest BCUT2D eigenvalue weighted by Gasteiger charge is 2.37. The molecule has 1 unspecified atom stereocenters. The molecular formula is C25H32N4O4S. The van der Waals surface area contributed by atoms with Gasteiger partial charge in [-0.05, 0) is 67.5 Å². The second kappa shape index (κ2) is 9.46. The van der Waals surface area contributed by atoms with E-state index in [0.717, 1.165) is 64.5 Å². The summed E-state index contributed by atoms with van der Waals surface area (Å²) >= 11 is 0. The van der Waals surface area contributed by atoms with Crippen LogP contribution in [0, 0.1) is 13.8 Å². The maximum absolute atomic E-state index is 12.2. The topological polar surface area (TPSA) is 105 Å². The summed E-state index contributed by atoms with van der Waals surface area (Å²) < 4.78 is 27.8. The molecule has 2 aromatic carbocycles. The lowest BCUT2D eigenvalue weighted by Gasteiger charge is -2.34. The second-order valence-corrected chi connectivity index (χ2v) is 10.7. The number of aliphatic carboxylic acids is 1. The van der Waals surface area contributed by atoms with Crippen molar-refractivity contribution in [2.45, 2.75) is 70.9 Å². The SMILES string of the molecule is Cc1ccc(C(CC(=O)O)c2ccc3c(nnn3C)c2C)cc1CN([SH](=O)=O)C1(C)CCCC1. The summed E-state index contributed by atoms with van der Waals surface area (Å²) in [5.41, 5.74) is 5.81. The maximum Gasteiger partial charge on any atom is 0.304 e. The maximum atomic E-state index is 12.2. The lowest BCUT2D eigenvalue weighted by atomic mass is 9.84. The number of carboxylic acid groups (broad SMARTS) is 1. The van der Waals surface area contributed by atoms with Crippen LogP contribution in [0.4, 0.5) is 0 Å². The van der Waals surface area contributed by atoms with Gasteiger partial charge in [0, 0.05) is 25.0 Å². The van der Waals surface area contributed by atoms with Gasteiger partial charge in [0.25, 0.3) is 0 Å². The highest BCUT2D eigenvalue weighted by Crippen LogP contribution is 2.38. The highest BCUT2D eigenvalue weighted by atomic mass is 32.2. The molecule has 34 heavy (non-hydrogen) atoms. The molecule has 1 N–H and O–H groups in total. The fraction of sp³-hybridized carbons (Fsp3) is 0.480. The number of nitrogens with zero attached hydrogens (tertiary/aromatic N) is 4. The van der Waals surface area contributed by atoms with Gasteiger partial charge in [0.2, 0.25) is 10.9 Å². The molecule has 1 aliphatic rings. The minimum Gasteiger partial charge on any atom is -0.481 e. The van der Waals surface area contributed by atoms with Crippen LogP contribution in [0.1, 0.15) is 72.8 Å². The molecule has 4 rings (SSSR count). The quantitative estimate of drug-likeness (QED) is 0.471. The van der Waals surface area contributed by atoms with Crippen molar-refractivity contribution in [2.24, 2.45) is 7.05 Å². The number of hydrogen-bond donors (Lipinski definition) is 2. The normalized spacial score (nSPS) is 16.5. The molecule has 1 heterocycles. The fourth-order valence-corrected chi connectivity index (χ4v) is 6.15. The van der Waals surface area contributed by atoms with Crippen LogP contribution in [-0.2, 0) is 29.3 Å². The summed E-state index contributed by atoms with van der Waals surface area (Å²) in [6.45, 7) is 6.23. The zero-order chi connectivity index (χ0) is 24.6. The zero-order valence-electron chi connectivity index (χ0n) is 20.1. The van der Waals surface area contributed by atoms with Crippen molar-refractivity contribution >= 4 is 27.9 Å². The number of thiol groups is 1. The first kappa shape index (κ1) is 24.3. The van der Waals surface area contributed by atoms with Gasteiger partial charge in [0.15, 0.2) is 0 Å². The summed E-state index contributed by atoms with van der Waals surface area (Å²) in [5.74, 6) is -1.28. The average molecular weight is 485 g/mol. The van der Waals surface area contributed by atoms with E-state index in [-0.39, 0.29) is 24.4 Å². The Kier molecular flexibility index (Phi) is 6.78. The Labute approximate surface area is 201 Å². The van der Waals surface area contributed by atoms with Gasteiger partial charge in [-0.15, -0.1) is 5.10 Å². The Hall–Kier alpha value is -2.78. The molecule has 1 aliphatic carbocycles. The van der Waals surface area contributed by atoms with E-state index in [4.69, 9.17) is 0 Å². The standard InChI is InChI=1S/C25H32N4O4S/c1-16-7-8-18(13-19(16)15-29(34(32)33)25(3)11-5-6-12-25)21(14-23(30)31)20-9-10-22-24(17(20)2)26-27-28(22)4/h7-10,13,21,34H,5-6,11-12,14-15H2,1-4H3,(H,30,31). The van der Waals surface area contributed by atoms with E-state index in [1.807, 2.05) is 58.2 Å². The Morgan fingerprint density at radius 3 is 2.56 bits per heavy atom. The van der Waals surface area contributed by atoms with Crippen LogP contribution in [0.25, 0.3) is 11.0 Å². The first-order valence-corrected chi connectivity index (χ1v) is 12.8. The van der Waals surface area contributed by atoms with E-state index in [9.17, 15) is 18.3 Å². The molecule has 0 radical (unpaired) electrons. The van der Waals surface area contributed by atoms with E-state index >= 15 is 0 Å². The van der Waals surface area contributed by atoms with Crippen molar-refractivity contribution in [1.82, 2.24) is 19.3 Å². The predicted molar refractivity (Wildman–Crippen MR) is 131 cm³/mol. The van der Waals surface area contributed by atoms with E-state index in [0.29, 0.717) is 0 Å². The van der Waals surface area contributed by atoms with Crippen molar-refractivity contribution in [1.29, 1.82) is 0 Å². The molecule has 8 nitrogen and oxygen atoms in total. The van der Waals surface area contributed by atoms with Crippen LogP contribution in [0.15, 0.2) is 30.3 Å². The van der Waals surface area contributed by atoms with Gasteiger partial charge < -0.3 is 5.11 Å². The van der Waals surface area contributed by atoms with Crippen molar-refractivity contribution in [3.05, 3.63) is 58.1 Å². The van der Waals surface area contributed by atoms with Crippen molar-refractivity contribution in [3.8, 4) is 0 Å². The van der Waals surface area contributed by atoms with Crippen LogP contribution >= 0.6 is 0 Å². The number of hydrogen-bond acceptors (Lipinski definition) is 5. The molecule has 1 fully saturated rings. The van der Waals surface area contributed by atoms with Gasteiger partial charge in [0.1, 0.15) is 5.52 Å². The average Bonchev–Trinajstić information content (AvgIpc) is 3.38. The van der Waals surface area contributed by atoms with Gasteiger partial charge in [-0.3, -0.25) is 4.79 Å². The number of aryl methyl sites for hydroxylation is 3. The summed E-state index contributed by atoms with van der Waals surface area (Å²) in [6.07, 6.45) is 3.69. The van der Waals surface area contributed by atoms with E-state index < -0.39 is 16.9 Å². The first-order valence-electron chi connectivity index (χ1n) is 11.6. The second-order valence-electron chi connectivity index (χ2n) is 9.70. The van der Waals surface area contributed by atoms with Gasteiger partial charge >= 0.3 is 5.97 Å². The molecule has 1 saturated carbocycles. The van der Waals surface area contributed by atoms with Gasteiger partial charge in [-0.1, -0.05) is 42.3 Å². The number of carboxylic acids is 1. The molecule has 1 aromatic heterocycles. The van der Waals surface area contributed by atoms with Gasteiger partial charge in [-0.2, -0.15) is 4.31 Å². The van der Waals surface area contributed by atoms with Crippen LogP contribution in [-0.4, -0.2) is 44.3 Å². The van der Waals surface area contributed by atoms with Crippen molar-refractivity contribution in [2.75, 3.05) is 0 Å². The summed E-state index contributed by atoms with van der Waals surface area (Å²) in [7, 11) is -0.917. The van der Waals surface area contributed by atoms with Crippen LogP contribution in [0.2, 0.25) is 0 Å². The Bertz CT molecular complexity index is 1300. The minimum atomic E-state index is -2.74. The largest absolute Gasteiger partial charge is 0.481 e. The first-order chi connectivity index (χ1) is 16.1. The Balaban J connectivity index is 1.76. The third-order valence-electron chi connectivity index (χ3n) is 7.43. The predicted octanol–water partition coefficient (Wildman–Crippen LogP) is 3.85. The van der Waals surface area contributed by atoms with Gasteiger partial charge in [0.05, 0.1) is 11.9 Å². The minimum absolute atomic E-state index is 0.0770. The Morgan fingerprint density at radius 1 is 1.21 bits per heavy atom. The van der Waals surface area contributed by atoms with Crippen LogP contribution in [0.5, 0.6) is 0 Å². The third-order valence-corrected chi connectivity index (χ3v) is 8.45. The summed E-state index contributed by atoms with van der Waals surface area (Å²) in [4.78, 5) is 11.9. The third kappa shape index (κ3) is 4.59. The number of rotatable bonds is 8. The number of carbonyl (C=O) groups is 1. The van der Waals surface area contributed by atoms with E-state index in [1.165, 1.54) is 0 Å². The van der Waals surface area contributed by atoms with Crippen molar-refractivity contribution in [3.63, 3.8) is 0 Å². The lowest BCUT2D eigenvalue weighted by Crippen LogP contribution is -2.42. The molecule has 0 saturated heterocycles. The molecule has 3 aromatic rings. The monoisotopic (exact) mass is 484 g/mol. The van der Waals surface area contributed by atoms with Crippen LogP contribution in [0.3, 0.4) is 0 Å². The fourth-order valence-electron chi connectivity index (χ4n) is 5.29. The highest BCUT2D eigenvalue weighted by molar-refractivity contribution is 7.69. The lowest BCUT2D eigenvalue weighted by molar-refractivity contribution is -0.137. The van der Waals surface area contributed by atoms with Crippen LogP contribution < -0.4 is 0 Å².